The number of hydrogen-bond donors (Lipinski definition) is 0. The molecular weight excluding hydrogens is 450 g/mol. The Morgan fingerprint density at radius 2 is 1.77 bits per heavy atom. The molecule has 1 aromatic carbocycles. The van der Waals surface area contributed by atoms with Crippen molar-refractivity contribution in [3.8, 4) is 5.75 Å². The Kier molecular flexibility index (Phi) is 6.19. The van der Waals surface area contributed by atoms with Crippen molar-refractivity contribution in [3.63, 3.8) is 0 Å². The summed E-state index contributed by atoms with van der Waals surface area (Å²) in [5.41, 5.74) is -0.162. The number of rotatable bonds is 3. The largest absolute Gasteiger partial charge is 0.469 e. The first-order chi connectivity index (χ1) is 14.5. The highest BCUT2D eigenvalue weighted by Crippen LogP contribution is 2.56. The number of fused-ring (bicyclic) bond motifs is 1. The van der Waals surface area contributed by atoms with Gasteiger partial charge in [0.15, 0.2) is 0 Å². The highest BCUT2D eigenvalue weighted by atomic mass is 79.9. The van der Waals surface area contributed by atoms with Gasteiger partial charge in [0, 0.05) is 29.0 Å². The van der Waals surface area contributed by atoms with E-state index >= 15 is 0 Å². The second kappa shape index (κ2) is 8.69. The Hall–Kier alpha value is -1.89. The molecule has 1 saturated carbocycles. The molecule has 1 aromatic rings. The number of carbonyl (C=O) groups is 3. The van der Waals surface area contributed by atoms with Crippen molar-refractivity contribution in [1.29, 1.82) is 0 Å². The van der Waals surface area contributed by atoms with Gasteiger partial charge in [0.05, 0.1) is 12.5 Å². The molecule has 2 fully saturated rings. The number of halogens is 1. The van der Waals surface area contributed by atoms with E-state index in [1.165, 1.54) is 7.11 Å². The number of hydrogen-bond acceptors (Lipinski definition) is 5. The van der Waals surface area contributed by atoms with Crippen LogP contribution in [0, 0.1) is 11.3 Å². The molecular formula is C23H28BrNO5. The molecule has 162 valence electrons. The predicted molar refractivity (Wildman–Crippen MR) is 114 cm³/mol. The maximum atomic E-state index is 13.6. The van der Waals surface area contributed by atoms with Gasteiger partial charge in [0.25, 0.3) is 0 Å². The van der Waals surface area contributed by atoms with E-state index in [1.54, 1.807) is 11.0 Å². The van der Waals surface area contributed by atoms with E-state index in [9.17, 15) is 14.4 Å². The van der Waals surface area contributed by atoms with Crippen molar-refractivity contribution in [1.82, 2.24) is 4.90 Å². The number of likely N-dealkylation sites (tertiary alicyclic amines) is 1. The van der Waals surface area contributed by atoms with Crippen LogP contribution in [0.15, 0.2) is 22.7 Å². The summed E-state index contributed by atoms with van der Waals surface area (Å²) in [4.78, 5) is 41.8. The molecule has 0 N–H and O–H groups in total. The summed E-state index contributed by atoms with van der Waals surface area (Å²) in [7, 11) is 1.39. The third-order valence-corrected chi connectivity index (χ3v) is 7.46. The van der Waals surface area contributed by atoms with Crippen molar-refractivity contribution in [2.24, 2.45) is 11.3 Å². The van der Waals surface area contributed by atoms with E-state index in [-0.39, 0.29) is 11.9 Å². The molecule has 1 amide bonds. The van der Waals surface area contributed by atoms with Gasteiger partial charge in [-0.3, -0.25) is 14.4 Å². The number of amides is 1. The summed E-state index contributed by atoms with van der Waals surface area (Å²) in [5, 5.41) is 0. The number of benzene rings is 1. The van der Waals surface area contributed by atoms with Gasteiger partial charge in [-0.1, -0.05) is 35.2 Å². The first-order valence-corrected chi connectivity index (χ1v) is 11.7. The topological polar surface area (TPSA) is 72.9 Å². The highest BCUT2D eigenvalue weighted by Gasteiger charge is 2.58. The van der Waals surface area contributed by atoms with Crippen LogP contribution in [-0.2, 0) is 19.1 Å². The van der Waals surface area contributed by atoms with Crippen LogP contribution < -0.4 is 4.74 Å². The van der Waals surface area contributed by atoms with Gasteiger partial charge in [-0.25, -0.2) is 0 Å². The van der Waals surface area contributed by atoms with Crippen LogP contribution in [0.4, 0.5) is 0 Å². The summed E-state index contributed by atoms with van der Waals surface area (Å²) in [6.07, 6.45) is 6.94. The minimum absolute atomic E-state index is 0.218. The normalized spacial score (nSPS) is 25.8. The molecule has 1 aliphatic carbocycles. The lowest BCUT2D eigenvalue weighted by molar-refractivity contribution is -0.164. The average molecular weight is 478 g/mol. The summed E-state index contributed by atoms with van der Waals surface area (Å²) < 4.78 is 11.7. The summed E-state index contributed by atoms with van der Waals surface area (Å²) in [5.74, 6) is -2.28. The Balaban J connectivity index is 1.86. The lowest BCUT2D eigenvalue weighted by Crippen LogP contribution is -2.53. The molecule has 7 heteroatoms. The van der Waals surface area contributed by atoms with E-state index in [2.05, 4.69) is 15.9 Å². The van der Waals surface area contributed by atoms with Crippen LogP contribution in [0.1, 0.15) is 62.8 Å². The fraction of sp³-hybridized carbons (Fsp3) is 0.609. The van der Waals surface area contributed by atoms with E-state index in [0.29, 0.717) is 31.7 Å². The monoisotopic (exact) mass is 477 g/mol. The van der Waals surface area contributed by atoms with Crippen molar-refractivity contribution in [3.05, 3.63) is 28.2 Å². The molecule has 0 radical (unpaired) electrons. The van der Waals surface area contributed by atoms with Crippen molar-refractivity contribution >= 4 is 33.8 Å². The van der Waals surface area contributed by atoms with Gasteiger partial charge in [-0.2, -0.15) is 0 Å². The van der Waals surface area contributed by atoms with Crippen molar-refractivity contribution < 1.29 is 23.9 Å². The maximum absolute atomic E-state index is 13.6. The van der Waals surface area contributed by atoms with Crippen LogP contribution in [0.2, 0.25) is 0 Å². The first-order valence-electron chi connectivity index (χ1n) is 10.9. The molecule has 0 aromatic heterocycles. The molecule has 0 spiro atoms. The van der Waals surface area contributed by atoms with E-state index in [1.807, 2.05) is 12.1 Å². The number of esters is 2. The molecule has 2 heterocycles. The maximum Gasteiger partial charge on any atom is 0.324 e. The number of carbonyl (C=O) groups excluding carboxylic acids is 3. The molecule has 30 heavy (non-hydrogen) atoms. The molecule has 1 saturated heterocycles. The van der Waals surface area contributed by atoms with Gasteiger partial charge >= 0.3 is 11.9 Å². The molecule has 2 atom stereocenters. The van der Waals surface area contributed by atoms with Crippen LogP contribution >= 0.6 is 15.9 Å². The molecule has 2 unspecified atom stereocenters. The zero-order chi connectivity index (χ0) is 21.3. The average Bonchev–Trinajstić information content (AvgIpc) is 2.78. The quantitative estimate of drug-likeness (QED) is 0.370. The minimum Gasteiger partial charge on any atom is -0.469 e. The fourth-order valence-electron chi connectivity index (χ4n) is 5.54. The van der Waals surface area contributed by atoms with Crippen LogP contribution in [0.3, 0.4) is 0 Å². The predicted octanol–water partition coefficient (Wildman–Crippen LogP) is 4.20. The van der Waals surface area contributed by atoms with Crippen molar-refractivity contribution in [2.45, 2.75) is 57.3 Å². The number of methoxy groups -OCH3 is 1. The zero-order valence-electron chi connectivity index (χ0n) is 17.3. The minimum atomic E-state index is -1.03. The Bertz CT molecular complexity index is 842. The second-order valence-electron chi connectivity index (χ2n) is 8.65. The molecule has 6 nitrogen and oxygen atoms in total. The van der Waals surface area contributed by atoms with Gasteiger partial charge in [-0.15, -0.1) is 0 Å². The fourth-order valence-corrected chi connectivity index (χ4v) is 5.92. The highest BCUT2D eigenvalue weighted by molar-refractivity contribution is 9.10. The van der Waals surface area contributed by atoms with Crippen LogP contribution in [-0.4, -0.2) is 42.9 Å². The zero-order valence-corrected chi connectivity index (χ0v) is 18.9. The van der Waals surface area contributed by atoms with Gasteiger partial charge in [0.1, 0.15) is 11.7 Å². The number of ether oxygens (including phenoxy) is 2. The standard InChI is InChI=1S/C23H28BrNO5/c1-29-22(28)23(10-4-2-5-11-23)19-16-14-15(24)8-9-17(16)30-21(27)18(19)20(26)25-12-6-3-7-13-25/h8-9,14,18-19H,2-7,10-13H2,1H3. The summed E-state index contributed by atoms with van der Waals surface area (Å²) in [6.45, 7) is 1.29. The third-order valence-electron chi connectivity index (χ3n) is 6.97. The van der Waals surface area contributed by atoms with Gasteiger partial charge < -0.3 is 14.4 Å². The van der Waals surface area contributed by atoms with Crippen LogP contribution in [0.25, 0.3) is 0 Å². The number of nitrogens with zero attached hydrogens (tertiary/aromatic N) is 1. The van der Waals surface area contributed by atoms with Crippen LogP contribution in [0.5, 0.6) is 5.75 Å². The van der Waals surface area contributed by atoms with Crippen molar-refractivity contribution in [2.75, 3.05) is 20.2 Å². The summed E-state index contributed by atoms with van der Waals surface area (Å²) in [6, 6.07) is 5.43. The Morgan fingerprint density at radius 1 is 1.10 bits per heavy atom. The SMILES string of the molecule is COC(=O)C1(C2c3cc(Br)ccc3OC(=O)C2C(=O)N2CCCCC2)CCCCC1. The smallest absolute Gasteiger partial charge is 0.324 e. The lowest BCUT2D eigenvalue weighted by Gasteiger charge is -2.46. The lowest BCUT2D eigenvalue weighted by atomic mass is 9.58. The Morgan fingerprint density at radius 3 is 2.43 bits per heavy atom. The van der Waals surface area contributed by atoms with E-state index < -0.39 is 23.2 Å². The van der Waals surface area contributed by atoms with Gasteiger partial charge in [0.2, 0.25) is 5.91 Å². The number of piperidine rings is 1. The third kappa shape index (κ3) is 3.66. The molecule has 3 aliphatic rings. The van der Waals surface area contributed by atoms with E-state index in [4.69, 9.17) is 9.47 Å². The van der Waals surface area contributed by atoms with E-state index in [0.717, 1.165) is 48.6 Å². The second-order valence-corrected chi connectivity index (χ2v) is 9.57. The molecule has 0 bridgehead atoms. The molecule has 4 rings (SSSR count). The molecule has 2 aliphatic heterocycles. The Labute approximate surface area is 185 Å². The first kappa shape index (κ1) is 21.3. The van der Waals surface area contributed by atoms with Gasteiger partial charge in [-0.05, 0) is 50.3 Å². The summed E-state index contributed by atoms with van der Waals surface area (Å²) >= 11 is 3.51.